The van der Waals surface area contributed by atoms with Gasteiger partial charge >= 0.3 is 0 Å². The lowest BCUT2D eigenvalue weighted by Gasteiger charge is -2.31. The van der Waals surface area contributed by atoms with E-state index in [1.54, 1.807) is 10.9 Å². The predicted molar refractivity (Wildman–Crippen MR) is 92.7 cm³/mol. The van der Waals surface area contributed by atoms with Crippen LogP contribution >= 0.6 is 0 Å². The molecule has 2 N–H and O–H groups in total. The van der Waals surface area contributed by atoms with Crippen LogP contribution in [0, 0.1) is 0 Å². The highest BCUT2D eigenvalue weighted by Crippen LogP contribution is 2.49. The lowest BCUT2D eigenvalue weighted by Crippen LogP contribution is -2.43. The van der Waals surface area contributed by atoms with Gasteiger partial charge in [-0.2, -0.15) is 5.10 Å². The Morgan fingerprint density at radius 3 is 2.52 bits per heavy atom. The minimum Gasteiger partial charge on any atom is -0.325 e. The predicted octanol–water partition coefficient (Wildman–Crippen LogP) is 2.45. The molecule has 3 heterocycles. The Kier molecular flexibility index (Phi) is 2.68. The van der Waals surface area contributed by atoms with Crippen molar-refractivity contribution in [1.82, 2.24) is 9.78 Å². The van der Waals surface area contributed by atoms with Crippen LogP contribution in [0.3, 0.4) is 0 Å². The standard InChI is InChI=1S/C19H14N4O2/c24-16-10-19(13-8-4-5-9-15(13)21-18(19)25)14-11-20-23(17(14)22-16)12-6-2-1-3-7-12/h1-9,11H,10H2,(H,21,25)(H,22,24). The van der Waals surface area contributed by atoms with Gasteiger partial charge in [-0.15, -0.1) is 0 Å². The van der Waals surface area contributed by atoms with Gasteiger partial charge in [-0.3, -0.25) is 9.59 Å². The Balaban J connectivity index is 1.78. The molecule has 0 aliphatic carbocycles. The summed E-state index contributed by atoms with van der Waals surface area (Å²) in [6.45, 7) is 0. The monoisotopic (exact) mass is 330 g/mol. The number of amides is 2. The van der Waals surface area contributed by atoms with Gasteiger partial charge in [0.25, 0.3) is 0 Å². The molecule has 1 aromatic heterocycles. The first-order chi connectivity index (χ1) is 12.2. The highest BCUT2D eigenvalue weighted by Gasteiger charge is 2.54. The third-order valence-electron chi connectivity index (χ3n) is 4.94. The second kappa shape index (κ2) is 4.80. The van der Waals surface area contributed by atoms with Crippen LogP contribution in [0.25, 0.3) is 5.69 Å². The number of fused-ring (bicyclic) bond motifs is 4. The Bertz CT molecular complexity index is 1020. The molecule has 25 heavy (non-hydrogen) atoms. The first-order valence-corrected chi connectivity index (χ1v) is 8.05. The van der Waals surface area contributed by atoms with E-state index in [2.05, 4.69) is 15.7 Å². The van der Waals surface area contributed by atoms with Crippen molar-refractivity contribution >= 4 is 23.3 Å². The first-order valence-electron chi connectivity index (χ1n) is 8.05. The number of hydrogen-bond acceptors (Lipinski definition) is 3. The van der Waals surface area contributed by atoms with Gasteiger partial charge in [-0.25, -0.2) is 4.68 Å². The van der Waals surface area contributed by atoms with Gasteiger partial charge in [-0.1, -0.05) is 36.4 Å². The van der Waals surface area contributed by atoms with Crippen LogP contribution in [0.1, 0.15) is 17.5 Å². The van der Waals surface area contributed by atoms with Gasteiger partial charge < -0.3 is 10.6 Å². The number of aromatic nitrogens is 2. The normalized spacial score (nSPS) is 20.8. The summed E-state index contributed by atoms with van der Waals surface area (Å²) < 4.78 is 1.67. The molecule has 0 saturated heterocycles. The van der Waals surface area contributed by atoms with E-state index in [4.69, 9.17) is 0 Å². The number of benzene rings is 2. The van der Waals surface area contributed by atoms with Crippen LogP contribution in [0.4, 0.5) is 11.5 Å². The SMILES string of the molecule is O=C1CC2(C(=O)Nc3ccccc32)c2cnn(-c3ccccc3)c2N1. The van der Waals surface area contributed by atoms with Crippen molar-refractivity contribution in [3.63, 3.8) is 0 Å². The van der Waals surface area contributed by atoms with Gasteiger partial charge in [0.05, 0.1) is 11.9 Å². The smallest absolute Gasteiger partial charge is 0.240 e. The number of carbonyl (C=O) groups is 2. The maximum absolute atomic E-state index is 12.9. The minimum absolute atomic E-state index is 0.0727. The lowest BCUT2D eigenvalue weighted by atomic mass is 9.72. The molecule has 0 saturated carbocycles. The molecular formula is C19H14N4O2. The lowest BCUT2D eigenvalue weighted by molar-refractivity contribution is -0.125. The summed E-state index contributed by atoms with van der Waals surface area (Å²) in [5.41, 5.74) is 2.09. The van der Waals surface area contributed by atoms with Crippen LogP contribution in [0.15, 0.2) is 60.8 Å². The van der Waals surface area contributed by atoms with E-state index in [0.29, 0.717) is 5.82 Å². The van der Waals surface area contributed by atoms with Crippen LogP contribution < -0.4 is 10.6 Å². The molecule has 1 unspecified atom stereocenters. The molecule has 2 aliphatic rings. The van der Waals surface area contributed by atoms with Gasteiger partial charge in [0, 0.05) is 17.7 Å². The topological polar surface area (TPSA) is 76.0 Å². The number of anilines is 2. The molecule has 0 radical (unpaired) electrons. The average Bonchev–Trinajstić information content (AvgIpc) is 3.16. The minimum atomic E-state index is -1.03. The van der Waals surface area contributed by atoms with E-state index < -0.39 is 5.41 Å². The average molecular weight is 330 g/mol. The zero-order chi connectivity index (χ0) is 17.0. The molecule has 5 rings (SSSR count). The summed E-state index contributed by atoms with van der Waals surface area (Å²) >= 11 is 0. The third kappa shape index (κ3) is 1.76. The van der Waals surface area contributed by atoms with E-state index in [9.17, 15) is 9.59 Å². The summed E-state index contributed by atoms with van der Waals surface area (Å²) in [6, 6.07) is 17.0. The molecule has 0 bridgehead atoms. The van der Waals surface area contributed by atoms with E-state index in [1.807, 2.05) is 54.6 Å². The molecule has 2 aromatic carbocycles. The number of rotatable bonds is 1. The molecule has 6 nitrogen and oxygen atoms in total. The molecule has 3 aromatic rings. The van der Waals surface area contributed by atoms with E-state index in [-0.39, 0.29) is 18.2 Å². The van der Waals surface area contributed by atoms with E-state index in [0.717, 1.165) is 22.5 Å². The van der Waals surface area contributed by atoms with E-state index in [1.165, 1.54) is 0 Å². The van der Waals surface area contributed by atoms with Gasteiger partial charge in [0.2, 0.25) is 11.8 Å². The Morgan fingerprint density at radius 2 is 1.68 bits per heavy atom. The summed E-state index contributed by atoms with van der Waals surface area (Å²) in [5, 5.41) is 10.3. The Hall–Kier alpha value is -3.41. The molecule has 1 atom stereocenters. The van der Waals surface area contributed by atoms with Crippen molar-refractivity contribution in [2.24, 2.45) is 0 Å². The summed E-state index contributed by atoms with van der Waals surface area (Å²) in [6.07, 6.45) is 1.76. The number of hydrogen-bond donors (Lipinski definition) is 2. The van der Waals surface area contributed by atoms with Crippen LogP contribution in [0.2, 0.25) is 0 Å². The molecule has 2 aliphatic heterocycles. The largest absolute Gasteiger partial charge is 0.325 e. The second-order valence-corrected chi connectivity index (χ2v) is 6.28. The number of carbonyl (C=O) groups excluding carboxylic acids is 2. The zero-order valence-electron chi connectivity index (χ0n) is 13.2. The van der Waals surface area contributed by atoms with Gasteiger partial charge in [0.1, 0.15) is 11.2 Å². The quantitative estimate of drug-likeness (QED) is 0.719. The molecule has 6 heteroatoms. The van der Waals surface area contributed by atoms with Crippen molar-refractivity contribution < 1.29 is 9.59 Å². The Labute approximate surface area is 143 Å². The van der Waals surface area contributed by atoms with Crippen molar-refractivity contribution in [3.05, 3.63) is 71.9 Å². The van der Waals surface area contributed by atoms with Gasteiger partial charge in [0.15, 0.2) is 0 Å². The summed E-state index contributed by atoms with van der Waals surface area (Å²) in [5.74, 6) is 0.170. The third-order valence-corrected chi connectivity index (χ3v) is 4.94. The highest BCUT2D eigenvalue weighted by molar-refractivity contribution is 6.14. The molecular weight excluding hydrogens is 316 g/mol. The fourth-order valence-electron chi connectivity index (χ4n) is 3.82. The molecule has 1 spiro atoms. The highest BCUT2D eigenvalue weighted by atomic mass is 16.2. The maximum atomic E-state index is 12.9. The molecule has 2 amide bonds. The summed E-state index contributed by atoms with van der Waals surface area (Å²) in [4.78, 5) is 25.4. The first kappa shape index (κ1) is 14.0. The number of nitrogens with one attached hydrogen (secondary N) is 2. The maximum Gasteiger partial charge on any atom is 0.240 e. The number of para-hydroxylation sites is 2. The van der Waals surface area contributed by atoms with Crippen molar-refractivity contribution in [3.8, 4) is 5.69 Å². The van der Waals surface area contributed by atoms with Crippen LogP contribution in [0.5, 0.6) is 0 Å². The summed E-state index contributed by atoms with van der Waals surface area (Å²) in [7, 11) is 0. The fraction of sp³-hybridized carbons (Fsp3) is 0.105. The number of nitrogens with zero attached hydrogens (tertiary/aromatic N) is 2. The fourth-order valence-corrected chi connectivity index (χ4v) is 3.82. The second-order valence-electron chi connectivity index (χ2n) is 6.28. The van der Waals surface area contributed by atoms with Crippen molar-refractivity contribution in [2.75, 3.05) is 10.6 Å². The van der Waals surface area contributed by atoms with Crippen LogP contribution in [-0.4, -0.2) is 21.6 Å². The van der Waals surface area contributed by atoms with Crippen LogP contribution in [-0.2, 0) is 15.0 Å². The Morgan fingerprint density at radius 1 is 0.920 bits per heavy atom. The zero-order valence-corrected chi connectivity index (χ0v) is 13.2. The van der Waals surface area contributed by atoms with Gasteiger partial charge in [-0.05, 0) is 23.8 Å². The van der Waals surface area contributed by atoms with E-state index >= 15 is 0 Å². The molecule has 0 fully saturated rings. The van der Waals surface area contributed by atoms with Crippen molar-refractivity contribution in [1.29, 1.82) is 0 Å². The van der Waals surface area contributed by atoms with Crippen molar-refractivity contribution in [2.45, 2.75) is 11.8 Å². The molecule has 122 valence electrons.